The van der Waals surface area contributed by atoms with Gasteiger partial charge in [0.05, 0.1) is 6.04 Å². The van der Waals surface area contributed by atoms with Crippen molar-refractivity contribution in [2.75, 3.05) is 0 Å². The van der Waals surface area contributed by atoms with Gasteiger partial charge < -0.3 is 15.5 Å². The number of fused-ring (bicyclic) bond motifs is 3. The normalized spacial score (nSPS) is 22.2. The number of benzene rings is 2. The topological polar surface area (TPSA) is 78.5 Å². The van der Waals surface area contributed by atoms with Gasteiger partial charge in [-0.2, -0.15) is 0 Å². The third-order valence-electron chi connectivity index (χ3n) is 6.54. The maximum atomic E-state index is 13.7. The lowest BCUT2D eigenvalue weighted by Crippen LogP contribution is -2.57. The molecule has 2 aromatic carbocycles. The summed E-state index contributed by atoms with van der Waals surface area (Å²) in [5, 5.41) is 5.86. The van der Waals surface area contributed by atoms with Crippen LogP contribution >= 0.6 is 11.8 Å². The Bertz CT molecular complexity index is 1090. The number of carbonyl (C=O) groups excluding carboxylic acids is 3. The van der Waals surface area contributed by atoms with Crippen LogP contribution in [0.1, 0.15) is 73.9 Å². The summed E-state index contributed by atoms with van der Waals surface area (Å²) in [6.07, 6.45) is 0.511. The van der Waals surface area contributed by atoms with Crippen LogP contribution in [-0.4, -0.2) is 39.5 Å². The van der Waals surface area contributed by atoms with Crippen molar-refractivity contribution in [2.45, 2.75) is 69.3 Å². The van der Waals surface area contributed by atoms with Crippen molar-refractivity contribution < 1.29 is 14.4 Å². The lowest BCUT2D eigenvalue weighted by Gasteiger charge is -2.31. The highest BCUT2D eigenvalue weighted by molar-refractivity contribution is 8.01. The first kappa shape index (κ1) is 24.3. The summed E-state index contributed by atoms with van der Waals surface area (Å²) in [6, 6.07) is 15.8. The molecular weight excluding hydrogens is 446 g/mol. The standard InChI is InChI=1S/C27H33N3O3S/c1-16(2)15-21(23(31)28-17(3)18-11-7-6-8-12-18)29-24(32)22-27(4,5)34-26-20-14-10-9-13-19(20)25(33)30(22)26/h6-14,16-17,21-22,26H,15H2,1-5H3,(H,28,31)(H,29,32)/t17-,21+,22-,26+/m1/s1. The van der Waals surface area contributed by atoms with E-state index in [9.17, 15) is 14.4 Å². The van der Waals surface area contributed by atoms with Crippen LogP contribution in [-0.2, 0) is 9.59 Å². The number of hydrogen-bond acceptors (Lipinski definition) is 4. The van der Waals surface area contributed by atoms with Crippen molar-refractivity contribution in [2.24, 2.45) is 5.92 Å². The van der Waals surface area contributed by atoms with E-state index in [-0.39, 0.29) is 35.1 Å². The number of carbonyl (C=O) groups is 3. The number of rotatable bonds is 7. The first-order valence-electron chi connectivity index (χ1n) is 11.8. The Balaban J connectivity index is 1.53. The molecule has 7 heteroatoms. The molecule has 0 spiro atoms. The minimum Gasteiger partial charge on any atom is -0.348 e. The van der Waals surface area contributed by atoms with Crippen LogP contribution in [0.5, 0.6) is 0 Å². The molecule has 180 valence electrons. The highest BCUT2D eigenvalue weighted by Crippen LogP contribution is 2.56. The molecule has 2 heterocycles. The zero-order valence-corrected chi connectivity index (χ0v) is 21.2. The minimum atomic E-state index is -0.682. The van der Waals surface area contributed by atoms with Gasteiger partial charge in [-0.1, -0.05) is 62.4 Å². The van der Waals surface area contributed by atoms with Gasteiger partial charge in [0.25, 0.3) is 5.91 Å². The van der Waals surface area contributed by atoms with Gasteiger partial charge in [0.1, 0.15) is 17.5 Å². The smallest absolute Gasteiger partial charge is 0.256 e. The number of thioether (sulfide) groups is 1. The molecule has 34 heavy (non-hydrogen) atoms. The molecule has 0 bridgehead atoms. The largest absolute Gasteiger partial charge is 0.348 e. The third-order valence-corrected chi connectivity index (χ3v) is 8.08. The number of amides is 3. The Hall–Kier alpha value is -2.80. The van der Waals surface area contributed by atoms with Crippen molar-refractivity contribution in [3.8, 4) is 0 Å². The molecule has 0 unspecified atom stereocenters. The van der Waals surface area contributed by atoms with Crippen LogP contribution in [0.15, 0.2) is 54.6 Å². The molecule has 1 saturated heterocycles. The predicted molar refractivity (Wildman–Crippen MR) is 135 cm³/mol. The molecule has 6 nitrogen and oxygen atoms in total. The Morgan fingerprint density at radius 2 is 1.65 bits per heavy atom. The van der Waals surface area contributed by atoms with E-state index in [2.05, 4.69) is 10.6 Å². The maximum absolute atomic E-state index is 13.7. The lowest BCUT2D eigenvalue weighted by atomic mass is 9.98. The van der Waals surface area contributed by atoms with Gasteiger partial charge in [0, 0.05) is 10.3 Å². The molecule has 0 radical (unpaired) electrons. The van der Waals surface area contributed by atoms with Crippen molar-refractivity contribution in [1.82, 2.24) is 15.5 Å². The quantitative estimate of drug-likeness (QED) is 0.615. The van der Waals surface area contributed by atoms with Gasteiger partial charge in [-0.05, 0) is 50.3 Å². The summed E-state index contributed by atoms with van der Waals surface area (Å²) in [7, 11) is 0. The number of hydrogen-bond donors (Lipinski definition) is 2. The van der Waals surface area contributed by atoms with Gasteiger partial charge in [-0.25, -0.2) is 0 Å². The van der Waals surface area contributed by atoms with E-state index in [4.69, 9.17) is 0 Å². The van der Waals surface area contributed by atoms with Crippen LogP contribution < -0.4 is 10.6 Å². The monoisotopic (exact) mass is 479 g/mol. The molecule has 1 fully saturated rings. The predicted octanol–water partition coefficient (Wildman–Crippen LogP) is 4.44. The highest BCUT2D eigenvalue weighted by Gasteiger charge is 2.57. The molecule has 3 amide bonds. The zero-order chi connectivity index (χ0) is 24.6. The third kappa shape index (κ3) is 4.58. The van der Waals surface area contributed by atoms with E-state index in [0.29, 0.717) is 12.0 Å². The highest BCUT2D eigenvalue weighted by atomic mass is 32.2. The fraction of sp³-hybridized carbons (Fsp3) is 0.444. The van der Waals surface area contributed by atoms with Crippen molar-refractivity contribution in [1.29, 1.82) is 0 Å². The van der Waals surface area contributed by atoms with E-state index >= 15 is 0 Å². The van der Waals surface area contributed by atoms with Gasteiger partial charge in [-0.15, -0.1) is 11.8 Å². The van der Waals surface area contributed by atoms with Crippen molar-refractivity contribution in [3.05, 3.63) is 71.3 Å². The van der Waals surface area contributed by atoms with E-state index in [1.807, 2.05) is 89.2 Å². The Labute approximate surface area is 205 Å². The second-order valence-corrected chi connectivity index (χ2v) is 11.8. The van der Waals surface area contributed by atoms with Crippen LogP contribution in [0.3, 0.4) is 0 Å². The van der Waals surface area contributed by atoms with Gasteiger partial charge in [-0.3, -0.25) is 14.4 Å². The second-order valence-electron chi connectivity index (χ2n) is 10.1. The summed E-state index contributed by atoms with van der Waals surface area (Å²) in [4.78, 5) is 41.8. The Kier molecular flexibility index (Phi) is 6.76. The molecule has 2 N–H and O–H groups in total. The van der Waals surface area contributed by atoms with Gasteiger partial charge >= 0.3 is 0 Å². The molecule has 4 atom stereocenters. The van der Waals surface area contributed by atoms with E-state index < -0.39 is 16.8 Å². The minimum absolute atomic E-state index is 0.124. The fourth-order valence-corrected chi connectivity index (χ4v) is 6.49. The molecule has 4 rings (SSSR count). The Morgan fingerprint density at radius 3 is 2.32 bits per heavy atom. The van der Waals surface area contributed by atoms with Crippen LogP contribution in [0.25, 0.3) is 0 Å². The molecule has 2 aromatic rings. The summed E-state index contributed by atoms with van der Waals surface area (Å²) >= 11 is 1.62. The first-order valence-corrected chi connectivity index (χ1v) is 12.7. The first-order chi connectivity index (χ1) is 16.1. The molecule has 0 aromatic heterocycles. The molecule has 2 aliphatic rings. The van der Waals surface area contributed by atoms with E-state index in [1.165, 1.54) is 0 Å². The van der Waals surface area contributed by atoms with Crippen LogP contribution in [0.4, 0.5) is 0 Å². The lowest BCUT2D eigenvalue weighted by molar-refractivity contribution is -0.132. The summed E-state index contributed by atoms with van der Waals surface area (Å²) < 4.78 is -0.492. The van der Waals surface area contributed by atoms with E-state index in [0.717, 1.165) is 11.1 Å². The Morgan fingerprint density at radius 1 is 1.00 bits per heavy atom. The SMILES string of the molecule is CC(C)C[C@H](NC(=O)[C@H]1N2C(=O)c3ccccc3[C@@H]2SC1(C)C)C(=O)N[C@H](C)c1ccccc1. The van der Waals surface area contributed by atoms with E-state index in [1.54, 1.807) is 16.7 Å². The number of nitrogens with zero attached hydrogens (tertiary/aromatic N) is 1. The van der Waals surface area contributed by atoms with Crippen molar-refractivity contribution in [3.63, 3.8) is 0 Å². The van der Waals surface area contributed by atoms with Gasteiger partial charge in [0.2, 0.25) is 11.8 Å². The average molecular weight is 480 g/mol. The second kappa shape index (κ2) is 9.45. The molecular formula is C27H33N3O3S. The molecule has 0 aliphatic carbocycles. The molecule has 0 saturated carbocycles. The number of nitrogens with one attached hydrogen (secondary N) is 2. The van der Waals surface area contributed by atoms with Crippen LogP contribution in [0.2, 0.25) is 0 Å². The fourth-order valence-electron chi connectivity index (χ4n) is 4.90. The van der Waals surface area contributed by atoms with Crippen LogP contribution in [0, 0.1) is 5.92 Å². The van der Waals surface area contributed by atoms with Gasteiger partial charge in [0.15, 0.2) is 0 Å². The average Bonchev–Trinajstić information content (AvgIpc) is 3.22. The van der Waals surface area contributed by atoms with Crippen molar-refractivity contribution >= 4 is 29.5 Å². The summed E-state index contributed by atoms with van der Waals surface area (Å²) in [5.74, 6) is -0.412. The zero-order valence-electron chi connectivity index (χ0n) is 20.4. The molecule has 2 aliphatic heterocycles. The summed E-state index contributed by atoms with van der Waals surface area (Å²) in [6.45, 7) is 9.97. The maximum Gasteiger partial charge on any atom is 0.256 e. The summed E-state index contributed by atoms with van der Waals surface area (Å²) in [5.41, 5.74) is 2.61.